The summed E-state index contributed by atoms with van der Waals surface area (Å²) in [4.78, 5) is 22.9. The molecule has 2 aromatic carbocycles. The number of carbonyl (C=O) groups is 1. The molecule has 0 radical (unpaired) electrons. The predicted octanol–water partition coefficient (Wildman–Crippen LogP) is 4.89. The van der Waals surface area contributed by atoms with Crippen LogP contribution < -0.4 is 4.90 Å². The van der Waals surface area contributed by atoms with Crippen molar-refractivity contribution in [1.82, 2.24) is 19.7 Å². The minimum Gasteiger partial charge on any atom is -0.379 e. The number of thiazole rings is 1. The fraction of sp³-hybridized carbons (Fsp3) is 0.346. The molecule has 35 heavy (non-hydrogen) atoms. The van der Waals surface area contributed by atoms with Crippen LogP contribution in [0.1, 0.15) is 28.0 Å². The zero-order valence-corrected chi connectivity index (χ0v) is 21.6. The van der Waals surface area contributed by atoms with Crippen LogP contribution >= 0.6 is 23.7 Å². The highest BCUT2D eigenvalue weighted by Crippen LogP contribution is 2.31. The number of hydrogen-bond acceptors (Lipinski definition) is 6. The van der Waals surface area contributed by atoms with Gasteiger partial charge in [-0.25, -0.2) is 9.67 Å². The second-order valence-corrected chi connectivity index (χ2v) is 9.63. The van der Waals surface area contributed by atoms with Gasteiger partial charge in [-0.05, 0) is 50.1 Å². The molecule has 1 aliphatic heterocycles. The van der Waals surface area contributed by atoms with Crippen molar-refractivity contribution in [3.63, 3.8) is 0 Å². The van der Waals surface area contributed by atoms with Gasteiger partial charge in [-0.3, -0.25) is 14.6 Å². The lowest BCUT2D eigenvalue weighted by Crippen LogP contribution is -2.39. The number of morpholine rings is 1. The average Bonchev–Trinajstić information content (AvgIpc) is 3.45. The van der Waals surface area contributed by atoms with Crippen LogP contribution in [-0.4, -0.2) is 65.0 Å². The number of halogens is 1. The number of fused-ring (bicyclic) bond motifs is 1. The lowest BCUT2D eigenvalue weighted by Gasteiger charge is -2.27. The summed E-state index contributed by atoms with van der Waals surface area (Å²) < 4.78 is 8.38. The maximum absolute atomic E-state index is 13.8. The fourth-order valence-electron chi connectivity index (χ4n) is 4.29. The van der Waals surface area contributed by atoms with Crippen molar-refractivity contribution in [3.8, 4) is 5.69 Å². The van der Waals surface area contributed by atoms with E-state index in [1.54, 1.807) is 17.5 Å². The average molecular weight is 512 g/mol. The van der Waals surface area contributed by atoms with E-state index in [4.69, 9.17) is 9.72 Å². The van der Waals surface area contributed by atoms with Gasteiger partial charge < -0.3 is 4.74 Å². The van der Waals surface area contributed by atoms with E-state index in [9.17, 15) is 4.79 Å². The summed E-state index contributed by atoms with van der Waals surface area (Å²) in [5, 5.41) is 5.26. The van der Waals surface area contributed by atoms with E-state index in [1.165, 1.54) is 5.56 Å². The summed E-state index contributed by atoms with van der Waals surface area (Å²) >= 11 is 1.57. The molecule has 0 N–H and O–H groups in total. The third-order valence-electron chi connectivity index (χ3n) is 6.21. The Balaban J connectivity index is 0.00000289. The quantitative estimate of drug-likeness (QED) is 0.353. The number of aromatic nitrogens is 3. The summed E-state index contributed by atoms with van der Waals surface area (Å²) in [5.74, 6) is -0.0579. The van der Waals surface area contributed by atoms with Crippen LogP contribution in [0.4, 0.5) is 5.13 Å². The van der Waals surface area contributed by atoms with Gasteiger partial charge in [-0.15, -0.1) is 12.4 Å². The topological polar surface area (TPSA) is 63.5 Å². The highest BCUT2D eigenvalue weighted by molar-refractivity contribution is 7.22. The molecule has 0 bridgehead atoms. The number of aryl methyl sites for hydroxylation is 1. The molecule has 7 nitrogen and oxygen atoms in total. The molecular weight excluding hydrogens is 482 g/mol. The number of rotatable bonds is 7. The first-order valence-electron chi connectivity index (χ1n) is 11.7. The Morgan fingerprint density at radius 1 is 1.11 bits per heavy atom. The highest BCUT2D eigenvalue weighted by Gasteiger charge is 2.25. The normalized spacial score (nSPS) is 14.1. The Morgan fingerprint density at radius 2 is 1.89 bits per heavy atom. The van der Waals surface area contributed by atoms with Crippen molar-refractivity contribution in [2.24, 2.45) is 0 Å². The van der Waals surface area contributed by atoms with E-state index in [0.29, 0.717) is 12.1 Å². The lowest BCUT2D eigenvalue weighted by atomic mass is 10.2. The van der Waals surface area contributed by atoms with Gasteiger partial charge in [0.1, 0.15) is 0 Å². The SMILES string of the molecule is Cc1ccc2nc(N(CCCN3CCOCC3)C(=O)c3cnn(-c4ccccc4)c3C)sc2c1.Cl. The molecule has 2 aromatic heterocycles. The van der Waals surface area contributed by atoms with Gasteiger partial charge in [0.15, 0.2) is 5.13 Å². The van der Waals surface area contributed by atoms with Gasteiger partial charge in [0, 0.05) is 26.2 Å². The lowest BCUT2D eigenvalue weighted by molar-refractivity contribution is 0.0376. The first-order valence-corrected chi connectivity index (χ1v) is 12.5. The molecular formula is C26H30ClN5O2S. The Morgan fingerprint density at radius 3 is 2.66 bits per heavy atom. The number of nitrogens with zero attached hydrogens (tertiary/aromatic N) is 5. The van der Waals surface area contributed by atoms with E-state index in [-0.39, 0.29) is 18.3 Å². The molecule has 184 valence electrons. The Labute approximate surface area is 215 Å². The number of ether oxygens (including phenoxy) is 1. The minimum atomic E-state index is -0.0579. The van der Waals surface area contributed by atoms with Crippen LogP contribution in [0, 0.1) is 13.8 Å². The number of amides is 1. The van der Waals surface area contributed by atoms with Gasteiger partial charge in [-0.1, -0.05) is 35.6 Å². The first-order chi connectivity index (χ1) is 16.6. The molecule has 1 saturated heterocycles. The van der Waals surface area contributed by atoms with Crippen molar-refractivity contribution in [1.29, 1.82) is 0 Å². The van der Waals surface area contributed by atoms with Crippen LogP contribution in [0.3, 0.4) is 0 Å². The smallest absolute Gasteiger partial charge is 0.263 e. The molecule has 0 unspecified atom stereocenters. The van der Waals surface area contributed by atoms with Crippen LogP contribution in [0.5, 0.6) is 0 Å². The van der Waals surface area contributed by atoms with Gasteiger partial charge in [0.25, 0.3) is 5.91 Å². The van der Waals surface area contributed by atoms with Crippen LogP contribution in [0.25, 0.3) is 15.9 Å². The van der Waals surface area contributed by atoms with Crippen molar-refractivity contribution in [2.75, 3.05) is 44.3 Å². The Hall–Kier alpha value is -2.78. The molecule has 0 spiro atoms. The highest BCUT2D eigenvalue weighted by atomic mass is 35.5. The van der Waals surface area contributed by atoms with E-state index in [1.807, 2.05) is 52.9 Å². The molecule has 0 saturated carbocycles. The third kappa shape index (κ3) is 5.56. The molecule has 1 amide bonds. The van der Waals surface area contributed by atoms with Crippen LogP contribution in [-0.2, 0) is 4.74 Å². The van der Waals surface area contributed by atoms with Crippen molar-refractivity contribution < 1.29 is 9.53 Å². The Bertz CT molecular complexity index is 1280. The van der Waals surface area contributed by atoms with E-state index in [0.717, 1.165) is 66.0 Å². The van der Waals surface area contributed by atoms with Crippen molar-refractivity contribution in [2.45, 2.75) is 20.3 Å². The number of benzene rings is 2. The number of anilines is 1. The van der Waals surface area contributed by atoms with E-state index in [2.05, 4.69) is 29.1 Å². The second-order valence-electron chi connectivity index (χ2n) is 8.62. The zero-order valence-electron chi connectivity index (χ0n) is 20.0. The fourth-order valence-corrected chi connectivity index (χ4v) is 5.38. The van der Waals surface area contributed by atoms with Gasteiger partial charge in [0.2, 0.25) is 0 Å². The second kappa shape index (κ2) is 11.3. The summed E-state index contributed by atoms with van der Waals surface area (Å²) in [6, 6.07) is 16.1. The van der Waals surface area contributed by atoms with E-state index >= 15 is 0 Å². The molecule has 1 aliphatic rings. The van der Waals surface area contributed by atoms with Crippen molar-refractivity contribution in [3.05, 3.63) is 71.5 Å². The molecule has 1 fully saturated rings. The largest absolute Gasteiger partial charge is 0.379 e. The third-order valence-corrected chi connectivity index (χ3v) is 7.25. The Kier molecular flexibility index (Phi) is 8.18. The standard InChI is InChI=1S/C26H29N5O2S.ClH/c1-19-9-10-23-24(17-19)34-26(28-23)30(12-6-11-29-13-15-33-16-14-29)25(32)22-18-27-31(20(22)2)21-7-4-3-5-8-21;/h3-5,7-10,17-18H,6,11-16H2,1-2H3;1H. The minimum absolute atomic E-state index is 0. The summed E-state index contributed by atoms with van der Waals surface area (Å²) in [6.07, 6.45) is 2.55. The summed E-state index contributed by atoms with van der Waals surface area (Å²) in [7, 11) is 0. The van der Waals surface area contributed by atoms with E-state index < -0.39 is 0 Å². The predicted molar refractivity (Wildman–Crippen MR) is 143 cm³/mol. The maximum Gasteiger partial charge on any atom is 0.263 e. The van der Waals surface area contributed by atoms with Gasteiger partial charge in [-0.2, -0.15) is 5.10 Å². The molecule has 5 rings (SSSR count). The molecule has 0 atom stereocenters. The number of carbonyl (C=O) groups excluding carboxylic acids is 1. The molecule has 4 aromatic rings. The summed E-state index contributed by atoms with van der Waals surface area (Å²) in [5.41, 5.74) is 4.48. The number of para-hydroxylation sites is 1. The van der Waals surface area contributed by atoms with Gasteiger partial charge in [0.05, 0.1) is 46.6 Å². The number of hydrogen-bond donors (Lipinski definition) is 0. The van der Waals surface area contributed by atoms with Crippen molar-refractivity contribution >= 4 is 45.0 Å². The van der Waals surface area contributed by atoms with Crippen LogP contribution in [0.2, 0.25) is 0 Å². The monoisotopic (exact) mass is 511 g/mol. The summed E-state index contributed by atoms with van der Waals surface area (Å²) in [6.45, 7) is 8.99. The first kappa shape index (κ1) is 25.3. The molecule has 0 aliphatic carbocycles. The van der Waals surface area contributed by atoms with Gasteiger partial charge >= 0.3 is 0 Å². The molecule has 9 heteroatoms. The van der Waals surface area contributed by atoms with Crippen LogP contribution in [0.15, 0.2) is 54.7 Å². The zero-order chi connectivity index (χ0) is 23.5. The molecule has 3 heterocycles. The maximum atomic E-state index is 13.8.